The fourth-order valence-corrected chi connectivity index (χ4v) is 3.87. The molecule has 3 aromatic heterocycles. The molecule has 29 heavy (non-hydrogen) atoms. The molecule has 0 radical (unpaired) electrons. The number of nitrogens with zero attached hydrogens (tertiary/aromatic N) is 5. The van der Waals surface area contributed by atoms with Gasteiger partial charge < -0.3 is 20.5 Å². The first-order chi connectivity index (χ1) is 14.2. The number of carbonyl (C=O) groups excluding carboxylic acids is 1. The van der Waals surface area contributed by atoms with Gasteiger partial charge in [0.1, 0.15) is 5.69 Å². The highest BCUT2D eigenvalue weighted by molar-refractivity contribution is 5.95. The first kappa shape index (κ1) is 18.1. The van der Waals surface area contributed by atoms with Crippen molar-refractivity contribution in [1.82, 2.24) is 29.7 Å². The van der Waals surface area contributed by atoms with Crippen LogP contribution in [0, 0.1) is 0 Å². The zero-order chi connectivity index (χ0) is 19.8. The Kier molecular flexibility index (Phi) is 4.64. The lowest BCUT2D eigenvalue weighted by atomic mass is 10.1. The summed E-state index contributed by atoms with van der Waals surface area (Å²) in [5.74, 6) is -0.104. The summed E-state index contributed by atoms with van der Waals surface area (Å²) in [4.78, 5) is 17.2. The van der Waals surface area contributed by atoms with Crippen LogP contribution in [-0.2, 0) is 9.47 Å². The van der Waals surface area contributed by atoms with Gasteiger partial charge in [-0.15, -0.1) is 5.10 Å². The van der Waals surface area contributed by atoms with Crippen molar-refractivity contribution in [2.45, 2.75) is 31.3 Å². The predicted octanol–water partition coefficient (Wildman–Crippen LogP) is 1.05. The second kappa shape index (κ2) is 7.45. The molecule has 0 saturated carbocycles. The molecule has 3 aromatic rings. The van der Waals surface area contributed by atoms with Crippen LogP contribution in [0.2, 0.25) is 0 Å². The van der Waals surface area contributed by atoms with Crippen molar-refractivity contribution in [3.05, 3.63) is 30.2 Å². The molecule has 0 aromatic carbocycles. The van der Waals surface area contributed by atoms with Gasteiger partial charge in [-0.1, -0.05) is 0 Å². The van der Waals surface area contributed by atoms with Crippen molar-refractivity contribution in [3.8, 4) is 11.1 Å². The third kappa shape index (κ3) is 3.56. The molecule has 152 valence electrons. The molecule has 1 amide bonds. The maximum atomic E-state index is 12.9. The molecule has 10 nitrogen and oxygen atoms in total. The number of nitrogen functional groups attached to an aromatic ring is 1. The standard InChI is InChI=1S/C19H23N7O3/c20-19-23-17-8-12(13-9-21-25(10-13)15-2-5-28-6-3-15)7-16(26(17)24-19)18(27)22-14-1-4-29-11-14/h7-10,14-15H,1-6,11H2,(H2,20,24)(H,22,27). The lowest BCUT2D eigenvalue weighted by Gasteiger charge is -2.22. The number of hydrogen-bond acceptors (Lipinski definition) is 7. The lowest BCUT2D eigenvalue weighted by Crippen LogP contribution is -2.36. The van der Waals surface area contributed by atoms with Gasteiger partial charge in [0, 0.05) is 31.6 Å². The van der Waals surface area contributed by atoms with Gasteiger partial charge in [-0.05, 0) is 37.0 Å². The van der Waals surface area contributed by atoms with E-state index in [4.69, 9.17) is 15.2 Å². The van der Waals surface area contributed by atoms with Crippen molar-refractivity contribution in [3.63, 3.8) is 0 Å². The molecule has 0 spiro atoms. The van der Waals surface area contributed by atoms with Crippen LogP contribution in [-0.4, -0.2) is 62.8 Å². The third-order valence-corrected chi connectivity index (χ3v) is 5.45. The molecular weight excluding hydrogens is 374 g/mol. The van der Waals surface area contributed by atoms with Gasteiger partial charge in [0.05, 0.1) is 24.9 Å². The average molecular weight is 397 g/mol. The minimum absolute atomic E-state index is 0.00153. The van der Waals surface area contributed by atoms with Crippen LogP contribution < -0.4 is 11.1 Å². The minimum Gasteiger partial charge on any atom is -0.381 e. The van der Waals surface area contributed by atoms with Crippen molar-refractivity contribution >= 4 is 17.5 Å². The molecule has 10 heteroatoms. The molecular formula is C19H23N7O3. The number of anilines is 1. The first-order valence-corrected chi connectivity index (χ1v) is 9.84. The number of amides is 1. The van der Waals surface area contributed by atoms with Crippen LogP contribution in [0.15, 0.2) is 24.5 Å². The summed E-state index contributed by atoms with van der Waals surface area (Å²) in [6.45, 7) is 2.67. The normalized spacial score (nSPS) is 20.3. The number of pyridine rings is 1. The quantitative estimate of drug-likeness (QED) is 0.675. The summed E-state index contributed by atoms with van der Waals surface area (Å²) in [7, 11) is 0. The van der Waals surface area contributed by atoms with E-state index in [0.717, 1.165) is 43.6 Å². The van der Waals surface area contributed by atoms with E-state index in [2.05, 4.69) is 20.5 Å². The second-order valence-corrected chi connectivity index (χ2v) is 7.46. The maximum absolute atomic E-state index is 12.9. The summed E-state index contributed by atoms with van der Waals surface area (Å²) < 4.78 is 14.2. The van der Waals surface area contributed by atoms with Crippen LogP contribution in [0.1, 0.15) is 35.8 Å². The molecule has 5 heterocycles. The Morgan fingerprint density at radius 1 is 1.14 bits per heavy atom. The summed E-state index contributed by atoms with van der Waals surface area (Å²) in [5, 5.41) is 11.7. The van der Waals surface area contributed by atoms with Gasteiger partial charge in [0.2, 0.25) is 5.95 Å². The van der Waals surface area contributed by atoms with Gasteiger partial charge in [-0.2, -0.15) is 10.1 Å². The molecule has 2 saturated heterocycles. The molecule has 1 atom stereocenters. The largest absolute Gasteiger partial charge is 0.381 e. The summed E-state index contributed by atoms with van der Waals surface area (Å²) in [6, 6.07) is 4.00. The Labute approximate surface area is 167 Å². The van der Waals surface area contributed by atoms with Crippen LogP contribution in [0.25, 0.3) is 16.8 Å². The molecule has 1 unspecified atom stereocenters. The van der Waals surface area contributed by atoms with Gasteiger partial charge in [-0.25, -0.2) is 4.52 Å². The third-order valence-electron chi connectivity index (χ3n) is 5.45. The number of carbonyl (C=O) groups is 1. The van der Waals surface area contributed by atoms with E-state index in [9.17, 15) is 4.79 Å². The highest BCUT2D eigenvalue weighted by atomic mass is 16.5. The average Bonchev–Trinajstić information content (AvgIpc) is 3.48. The van der Waals surface area contributed by atoms with Gasteiger partial charge in [-0.3, -0.25) is 9.48 Å². The second-order valence-electron chi connectivity index (χ2n) is 7.46. The molecule has 2 fully saturated rings. The smallest absolute Gasteiger partial charge is 0.270 e. The number of fused-ring (bicyclic) bond motifs is 1. The Bertz CT molecular complexity index is 1030. The Morgan fingerprint density at radius 3 is 2.76 bits per heavy atom. The van der Waals surface area contributed by atoms with Crippen molar-refractivity contribution in [2.24, 2.45) is 0 Å². The SMILES string of the molecule is Nc1nc2cc(-c3cnn(C4CCOCC4)c3)cc(C(=O)NC3CCOC3)n2n1. The topological polar surface area (TPSA) is 122 Å². The van der Waals surface area contributed by atoms with Crippen molar-refractivity contribution in [2.75, 3.05) is 32.2 Å². The first-order valence-electron chi connectivity index (χ1n) is 9.84. The van der Waals surface area contributed by atoms with E-state index in [1.807, 2.05) is 23.1 Å². The van der Waals surface area contributed by atoms with Gasteiger partial charge in [0.15, 0.2) is 5.65 Å². The zero-order valence-electron chi connectivity index (χ0n) is 16.0. The fraction of sp³-hybridized carbons (Fsp3) is 0.474. The highest BCUT2D eigenvalue weighted by Crippen LogP contribution is 2.26. The van der Waals surface area contributed by atoms with E-state index >= 15 is 0 Å². The van der Waals surface area contributed by atoms with E-state index in [-0.39, 0.29) is 17.9 Å². The molecule has 0 bridgehead atoms. The summed E-state index contributed by atoms with van der Waals surface area (Å²) >= 11 is 0. The number of hydrogen-bond donors (Lipinski definition) is 2. The number of ether oxygens (including phenoxy) is 2. The van der Waals surface area contributed by atoms with E-state index < -0.39 is 0 Å². The summed E-state index contributed by atoms with van der Waals surface area (Å²) in [6.07, 6.45) is 6.50. The predicted molar refractivity (Wildman–Crippen MR) is 104 cm³/mol. The van der Waals surface area contributed by atoms with Crippen molar-refractivity contribution in [1.29, 1.82) is 0 Å². The Morgan fingerprint density at radius 2 is 1.97 bits per heavy atom. The van der Waals surface area contributed by atoms with Crippen LogP contribution >= 0.6 is 0 Å². The van der Waals surface area contributed by atoms with E-state index in [0.29, 0.717) is 30.6 Å². The molecule has 3 N–H and O–H groups in total. The fourth-order valence-electron chi connectivity index (χ4n) is 3.87. The van der Waals surface area contributed by atoms with Crippen LogP contribution in [0.3, 0.4) is 0 Å². The number of nitrogens with one attached hydrogen (secondary N) is 1. The van der Waals surface area contributed by atoms with Crippen molar-refractivity contribution < 1.29 is 14.3 Å². The number of rotatable bonds is 4. The van der Waals surface area contributed by atoms with Crippen LogP contribution in [0.5, 0.6) is 0 Å². The Hall–Kier alpha value is -2.98. The number of aromatic nitrogens is 5. The monoisotopic (exact) mass is 397 g/mol. The minimum atomic E-state index is -0.228. The number of nitrogens with two attached hydrogens (primary N) is 1. The van der Waals surface area contributed by atoms with Gasteiger partial charge in [0.25, 0.3) is 5.91 Å². The van der Waals surface area contributed by atoms with E-state index in [1.165, 1.54) is 4.52 Å². The summed E-state index contributed by atoms with van der Waals surface area (Å²) in [5.41, 5.74) is 8.45. The maximum Gasteiger partial charge on any atom is 0.270 e. The molecule has 0 aliphatic carbocycles. The highest BCUT2D eigenvalue weighted by Gasteiger charge is 2.22. The molecule has 2 aliphatic rings. The Balaban J connectivity index is 1.49. The zero-order valence-corrected chi connectivity index (χ0v) is 16.0. The van der Waals surface area contributed by atoms with Gasteiger partial charge >= 0.3 is 0 Å². The van der Waals surface area contributed by atoms with E-state index in [1.54, 1.807) is 6.07 Å². The molecule has 5 rings (SSSR count). The lowest BCUT2D eigenvalue weighted by molar-refractivity contribution is 0.0662. The van der Waals surface area contributed by atoms with Crippen LogP contribution in [0.4, 0.5) is 5.95 Å². The molecule has 2 aliphatic heterocycles.